The average Bonchev–Trinajstić information content (AvgIpc) is 2.15. The largest absolute Gasteiger partial charge is 0.389 e. The summed E-state index contributed by atoms with van der Waals surface area (Å²) in [5.74, 6) is 2.26. The first-order valence-corrected chi connectivity index (χ1v) is 6.27. The molecule has 0 aromatic rings. The Kier molecular flexibility index (Phi) is 8.67. The van der Waals surface area contributed by atoms with Crippen LogP contribution in [0.15, 0.2) is 0 Å². The van der Waals surface area contributed by atoms with Gasteiger partial charge >= 0.3 is 0 Å². The van der Waals surface area contributed by atoms with E-state index in [0.717, 1.165) is 18.1 Å². The molecule has 0 bridgehead atoms. The van der Waals surface area contributed by atoms with Crippen LogP contribution in [-0.4, -0.2) is 49.0 Å². The highest BCUT2D eigenvalue weighted by Gasteiger charge is 2.18. The summed E-state index contributed by atoms with van der Waals surface area (Å²) < 4.78 is 4.93. The van der Waals surface area contributed by atoms with Crippen LogP contribution in [0.3, 0.4) is 0 Å². The zero-order valence-electron chi connectivity index (χ0n) is 9.51. The van der Waals surface area contributed by atoms with Gasteiger partial charge in [0.15, 0.2) is 0 Å². The average molecular weight is 221 g/mol. The topological polar surface area (TPSA) is 41.5 Å². The van der Waals surface area contributed by atoms with Crippen LogP contribution in [0.1, 0.15) is 20.3 Å². The molecule has 0 fully saturated rings. The third kappa shape index (κ3) is 8.81. The second kappa shape index (κ2) is 8.53. The molecule has 0 aromatic heterocycles. The van der Waals surface area contributed by atoms with E-state index in [0.29, 0.717) is 19.6 Å². The molecule has 0 aliphatic heterocycles. The minimum Gasteiger partial charge on any atom is -0.389 e. The number of ether oxygens (including phenoxy) is 1. The van der Waals surface area contributed by atoms with E-state index in [9.17, 15) is 5.11 Å². The van der Waals surface area contributed by atoms with Gasteiger partial charge in [-0.25, -0.2) is 0 Å². The minimum atomic E-state index is -0.646. The molecule has 3 nitrogen and oxygen atoms in total. The second-order valence-corrected chi connectivity index (χ2v) is 5.01. The van der Waals surface area contributed by atoms with Gasteiger partial charge in [0, 0.05) is 39.0 Å². The Bertz CT molecular complexity index is 131. The van der Waals surface area contributed by atoms with Gasteiger partial charge < -0.3 is 15.2 Å². The fraction of sp³-hybridized carbons (Fsp3) is 1.00. The van der Waals surface area contributed by atoms with Crippen molar-refractivity contribution < 1.29 is 9.84 Å². The van der Waals surface area contributed by atoms with Crippen LogP contribution in [0, 0.1) is 0 Å². The standard InChI is InChI=1S/C10H23NO2S/c1-4-14-8-6-11-9-10(2,12)5-7-13-3/h11-12H,4-9H2,1-3H3. The van der Waals surface area contributed by atoms with E-state index in [2.05, 4.69) is 12.2 Å². The third-order valence-corrected chi connectivity index (χ3v) is 2.88. The molecule has 0 radical (unpaired) electrons. The van der Waals surface area contributed by atoms with Gasteiger partial charge in [0.05, 0.1) is 5.60 Å². The molecular weight excluding hydrogens is 198 g/mol. The Morgan fingerprint density at radius 1 is 1.50 bits per heavy atom. The molecule has 0 rings (SSSR count). The molecule has 0 aliphatic carbocycles. The van der Waals surface area contributed by atoms with Gasteiger partial charge in [0.1, 0.15) is 0 Å². The van der Waals surface area contributed by atoms with Gasteiger partial charge in [0.2, 0.25) is 0 Å². The van der Waals surface area contributed by atoms with Crippen LogP contribution in [0.2, 0.25) is 0 Å². The predicted molar refractivity (Wildman–Crippen MR) is 63.0 cm³/mol. The van der Waals surface area contributed by atoms with E-state index >= 15 is 0 Å². The first-order valence-electron chi connectivity index (χ1n) is 5.12. The van der Waals surface area contributed by atoms with E-state index in [1.54, 1.807) is 7.11 Å². The Labute approximate surface area is 91.6 Å². The molecule has 86 valence electrons. The summed E-state index contributed by atoms with van der Waals surface area (Å²) in [4.78, 5) is 0. The first kappa shape index (κ1) is 14.2. The Hall–Kier alpha value is 0.230. The van der Waals surface area contributed by atoms with Crippen molar-refractivity contribution in [2.45, 2.75) is 25.9 Å². The number of hydrogen-bond acceptors (Lipinski definition) is 4. The fourth-order valence-electron chi connectivity index (χ4n) is 1.06. The molecule has 2 N–H and O–H groups in total. The zero-order chi connectivity index (χ0) is 10.9. The maximum absolute atomic E-state index is 9.85. The molecule has 0 heterocycles. The van der Waals surface area contributed by atoms with Crippen molar-refractivity contribution in [1.82, 2.24) is 5.32 Å². The zero-order valence-corrected chi connectivity index (χ0v) is 10.3. The van der Waals surface area contributed by atoms with Crippen molar-refractivity contribution in [3.05, 3.63) is 0 Å². The summed E-state index contributed by atoms with van der Waals surface area (Å²) in [6, 6.07) is 0. The second-order valence-electron chi connectivity index (χ2n) is 3.61. The molecular formula is C10H23NO2S. The van der Waals surface area contributed by atoms with Crippen molar-refractivity contribution in [2.75, 3.05) is 38.3 Å². The van der Waals surface area contributed by atoms with Crippen LogP contribution in [0.4, 0.5) is 0 Å². The van der Waals surface area contributed by atoms with Gasteiger partial charge in [0.25, 0.3) is 0 Å². The molecule has 14 heavy (non-hydrogen) atoms. The minimum absolute atomic E-state index is 0.610. The summed E-state index contributed by atoms with van der Waals surface area (Å²) in [7, 11) is 1.65. The molecule has 0 saturated heterocycles. The van der Waals surface area contributed by atoms with Crippen molar-refractivity contribution in [1.29, 1.82) is 0 Å². The van der Waals surface area contributed by atoms with E-state index in [1.165, 1.54) is 0 Å². The highest BCUT2D eigenvalue weighted by atomic mass is 32.2. The number of rotatable bonds is 9. The van der Waals surface area contributed by atoms with Crippen LogP contribution in [0.5, 0.6) is 0 Å². The number of methoxy groups -OCH3 is 1. The Morgan fingerprint density at radius 2 is 2.21 bits per heavy atom. The lowest BCUT2D eigenvalue weighted by atomic mass is 10.0. The van der Waals surface area contributed by atoms with Crippen LogP contribution in [-0.2, 0) is 4.74 Å². The van der Waals surface area contributed by atoms with E-state index in [4.69, 9.17) is 4.74 Å². The van der Waals surface area contributed by atoms with Crippen LogP contribution >= 0.6 is 11.8 Å². The summed E-state index contributed by atoms with van der Waals surface area (Å²) >= 11 is 1.91. The Balaban J connectivity index is 3.35. The number of thioether (sulfide) groups is 1. The molecule has 0 spiro atoms. The lowest BCUT2D eigenvalue weighted by molar-refractivity contribution is 0.0255. The van der Waals surface area contributed by atoms with Gasteiger partial charge in [-0.3, -0.25) is 0 Å². The van der Waals surface area contributed by atoms with Crippen LogP contribution < -0.4 is 5.32 Å². The van der Waals surface area contributed by atoms with E-state index in [-0.39, 0.29) is 0 Å². The van der Waals surface area contributed by atoms with E-state index < -0.39 is 5.60 Å². The highest BCUT2D eigenvalue weighted by Crippen LogP contribution is 2.07. The normalized spacial score (nSPS) is 15.4. The lowest BCUT2D eigenvalue weighted by Gasteiger charge is -2.23. The Morgan fingerprint density at radius 3 is 2.79 bits per heavy atom. The predicted octanol–water partition coefficient (Wildman–Crippen LogP) is 1.12. The van der Waals surface area contributed by atoms with Gasteiger partial charge in [-0.2, -0.15) is 11.8 Å². The molecule has 0 amide bonds. The number of hydrogen-bond donors (Lipinski definition) is 2. The molecule has 4 heteroatoms. The number of nitrogens with one attached hydrogen (secondary N) is 1. The van der Waals surface area contributed by atoms with Crippen molar-refractivity contribution in [2.24, 2.45) is 0 Å². The van der Waals surface area contributed by atoms with Crippen molar-refractivity contribution in [3.8, 4) is 0 Å². The van der Waals surface area contributed by atoms with Crippen molar-refractivity contribution in [3.63, 3.8) is 0 Å². The third-order valence-electron chi connectivity index (χ3n) is 1.98. The fourth-order valence-corrected chi connectivity index (χ4v) is 1.63. The monoisotopic (exact) mass is 221 g/mol. The highest BCUT2D eigenvalue weighted by molar-refractivity contribution is 7.99. The molecule has 0 saturated carbocycles. The van der Waals surface area contributed by atoms with Gasteiger partial charge in [-0.05, 0) is 12.7 Å². The lowest BCUT2D eigenvalue weighted by Crippen LogP contribution is -2.39. The maximum atomic E-state index is 9.85. The summed E-state index contributed by atoms with van der Waals surface area (Å²) in [6.07, 6.45) is 0.678. The summed E-state index contributed by atoms with van der Waals surface area (Å²) in [6.45, 7) is 6.20. The summed E-state index contributed by atoms with van der Waals surface area (Å²) in [5.41, 5.74) is -0.646. The van der Waals surface area contributed by atoms with Gasteiger partial charge in [-0.1, -0.05) is 6.92 Å². The number of aliphatic hydroxyl groups is 1. The van der Waals surface area contributed by atoms with Crippen LogP contribution in [0.25, 0.3) is 0 Å². The maximum Gasteiger partial charge on any atom is 0.0765 e. The molecule has 0 aromatic carbocycles. The first-order chi connectivity index (χ1) is 6.62. The molecule has 1 atom stereocenters. The molecule has 1 unspecified atom stereocenters. The SMILES string of the molecule is CCSCCNCC(C)(O)CCOC. The van der Waals surface area contributed by atoms with Gasteiger partial charge in [-0.15, -0.1) is 0 Å². The molecule has 0 aliphatic rings. The van der Waals surface area contributed by atoms with Crippen molar-refractivity contribution >= 4 is 11.8 Å². The smallest absolute Gasteiger partial charge is 0.0765 e. The van der Waals surface area contributed by atoms with E-state index in [1.807, 2.05) is 18.7 Å². The quantitative estimate of drug-likeness (QED) is 0.573. The summed E-state index contributed by atoms with van der Waals surface area (Å²) in [5, 5.41) is 13.1.